The summed E-state index contributed by atoms with van der Waals surface area (Å²) >= 11 is 0. The van der Waals surface area contributed by atoms with Crippen molar-refractivity contribution in [3.05, 3.63) is 96.2 Å². The fourth-order valence-corrected chi connectivity index (χ4v) is 6.91. The molecule has 53 heavy (non-hydrogen) atoms. The molecule has 1 unspecified atom stereocenters. The second-order valence-corrected chi connectivity index (χ2v) is 17.4. The minimum Gasteiger partial charge on any atom is -0.799 e. The molecule has 4 aromatic carbocycles. The van der Waals surface area contributed by atoms with Crippen molar-refractivity contribution in [1.29, 1.82) is 0 Å². The van der Waals surface area contributed by atoms with Gasteiger partial charge < -0.3 is 39.6 Å². The van der Waals surface area contributed by atoms with Gasteiger partial charge in [-0.3, -0.25) is 4.72 Å². The van der Waals surface area contributed by atoms with Gasteiger partial charge in [0, 0.05) is 53.9 Å². The van der Waals surface area contributed by atoms with Crippen molar-refractivity contribution < 1.29 is 66.4 Å². The van der Waals surface area contributed by atoms with Crippen molar-refractivity contribution in [3.63, 3.8) is 0 Å². The van der Waals surface area contributed by atoms with Gasteiger partial charge in [0.15, 0.2) is 5.75 Å². The summed E-state index contributed by atoms with van der Waals surface area (Å²) in [6, 6.07) is 22.4. The number of ether oxygens (including phenoxy) is 3. The molecule has 1 heterocycles. The molecule has 0 fully saturated rings. The number of aromatic nitrogens is 1. The third-order valence-electron chi connectivity index (χ3n) is 7.81. The van der Waals surface area contributed by atoms with Crippen LogP contribution in [0.15, 0.2) is 85.1 Å². The van der Waals surface area contributed by atoms with E-state index in [0.29, 0.717) is 45.4 Å². The number of methoxy groups -OCH3 is 2. The van der Waals surface area contributed by atoms with Gasteiger partial charge in [0.2, 0.25) is 10.0 Å². The van der Waals surface area contributed by atoms with Crippen LogP contribution in [-0.4, -0.2) is 46.6 Å². The Morgan fingerprint density at radius 1 is 0.868 bits per heavy atom. The molecule has 0 spiro atoms. The monoisotopic (exact) mass is 769 g/mol. The Morgan fingerprint density at radius 2 is 1.55 bits per heavy atom. The largest absolute Gasteiger partial charge is 1.00 e. The van der Waals surface area contributed by atoms with Crippen molar-refractivity contribution in [1.82, 2.24) is 4.98 Å². The van der Waals surface area contributed by atoms with E-state index in [1.54, 1.807) is 60.8 Å². The van der Waals surface area contributed by atoms with E-state index in [2.05, 4.69) is 25.7 Å². The van der Waals surface area contributed by atoms with Crippen LogP contribution in [0.3, 0.4) is 0 Å². The summed E-state index contributed by atoms with van der Waals surface area (Å²) in [5.41, 5.74) is 2.61. The first-order valence-corrected chi connectivity index (χ1v) is 20.2. The molecular weight excluding hydrogens is 728 g/mol. The van der Waals surface area contributed by atoms with Gasteiger partial charge in [-0.05, 0) is 54.0 Å². The van der Waals surface area contributed by atoms with Crippen LogP contribution in [-0.2, 0) is 26.2 Å². The summed E-state index contributed by atoms with van der Waals surface area (Å²) < 4.78 is 55.8. The molecule has 16 heteroatoms. The minimum absolute atomic E-state index is 0. The van der Waals surface area contributed by atoms with Crippen LogP contribution >= 0.6 is 7.37 Å². The number of nitrogens with one attached hydrogen (secondary N) is 4. The van der Waals surface area contributed by atoms with Gasteiger partial charge >= 0.3 is 35.6 Å². The molecule has 0 aliphatic rings. The molecule has 0 saturated heterocycles. The molecule has 0 saturated carbocycles. The molecule has 1 atom stereocenters. The van der Waals surface area contributed by atoms with E-state index in [9.17, 15) is 22.7 Å². The summed E-state index contributed by atoms with van der Waals surface area (Å²) in [6.45, 7) is 7.12. The molecule has 0 aliphatic carbocycles. The zero-order chi connectivity index (χ0) is 37.8. The predicted molar refractivity (Wildman–Crippen MR) is 205 cm³/mol. The quantitative estimate of drug-likeness (QED) is 0.101. The van der Waals surface area contributed by atoms with Crippen molar-refractivity contribution in [2.45, 2.75) is 32.3 Å². The van der Waals surface area contributed by atoms with Gasteiger partial charge in [-0.1, -0.05) is 51.1 Å². The molecular formula is C37H41N5NaO8PS. The Balaban J connectivity index is 0.00000627. The number of hydrogen-bond acceptors (Lipinski definition) is 10. The van der Waals surface area contributed by atoms with E-state index >= 15 is 0 Å². The topological polar surface area (TPSA) is 180 Å². The third kappa shape index (κ3) is 11.1. The average molecular weight is 770 g/mol. The SMILES string of the molecule is COc1cc(Nc2cc(Oc3ccc(NC(=O)Nc4cc(C(C)(C)C)cc(NS(C)(=O)=O)c4OC)c4ccccc34)ccn2)ccc1CP(C)(=O)[O-].[Na+]. The Kier molecular flexibility index (Phi) is 13.1. The normalized spacial score (nSPS) is 12.5. The standard InChI is InChI=1S/C37H42N5O8PS.Na/c1-37(2,3)24-18-30(35(49-5)31(19-24)42-52(7,46)47)41-36(43)40-29-14-15-32(28-11-9-8-10-27(28)29)50-26-16-17-38-34(21-26)39-25-13-12-23(22-51(6,44)45)33(20-25)48-4;/h8-21,42H,22H2,1-7H3,(H,38,39)(H,44,45)(H2,40,41,43);/q;+1/p-1. The minimum atomic E-state index is -3.64. The molecule has 5 aromatic rings. The van der Waals surface area contributed by atoms with E-state index < -0.39 is 23.4 Å². The second kappa shape index (κ2) is 16.8. The molecule has 0 radical (unpaired) electrons. The molecule has 5 rings (SSSR count). The zero-order valence-corrected chi connectivity index (χ0v) is 34.6. The first-order valence-electron chi connectivity index (χ1n) is 16.1. The van der Waals surface area contributed by atoms with Crippen LogP contribution in [0.2, 0.25) is 0 Å². The van der Waals surface area contributed by atoms with E-state index in [0.717, 1.165) is 17.2 Å². The number of amides is 2. The Morgan fingerprint density at radius 3 is 2.19 bits per heavy atom. The summed E-state index contributed by atoms with van der Waals surface area (Å²) in [5.74, 6) is 2.11. The van der Waals surface area contributed by atoms with Crippen molar-refractivity contribution in [3.8, 4) is 23.0 Å². The number of hydrogen-bond donors (Lipinski definition) is 4. The molecule has 0 aliphatic heterocycles. The summed E-state index contributed by atoms with van der Waals surface area (Å²) in [5, 5.41) is 10.4. The number of benzene rings is 4. The fourth-order valence-electron chi connectivity index (χ4n) is 5.48. The van der Waals surface area contributed by atoms with Crippen molar-refractivity contribution >= 4 is 62.8 Å². The van der Waals surface area contributed by atoms with E-state index in [-0.39, 0.29) is 58.3 Å². The number of anilines is 5. The number of urea groups is 1. The number of sulfonamides is 1. The van der Waals surface area contributed by atoms with Crippen LogP contribution < -0.4 is 69.3 Å². The molecule has 4 N–H and O–H groups in total. The molecule has 0 bridgehead atoms. The number of nitrogens with zero attached hydrogens (tertiary/aromatic N) is 1. The Labute approximate surface area is 331 Å². The van der Waals surface area contributed by atoms with E-state index in [1.807, 2.05) is 45.0 Å². The summed E-state index contributed by atoms with van der Waals surface area (Å²) in [6.07, 6.45) is 2.52. The fraction of sp³-hybridized carbons (Fsp3) is 0.243. The van der Waals surface area contributed by atoms with Crippen molar-refractivity contribution in [2.24, 2.45) is 0 Å². The van der Waals surface area contributed by atoms with Crippen LogP contribution in [0.5, 0.6) is 23.0 Å². The van der Waals surface area contributed by atoms with Gasteiger partial charge in [0.05, 0.1) is 37.5 Å². The van der Waals surface area contributed by atoms with Gasteiger partial charge in [0.1, 0.15) is 23.1 Å². The first-order chi connectivity index (χ1) is 24.4. The molecule has 13 nitrogen and oxygen atoms in total. The van der Waals surface area contributed by atoms with Gasteiger partial charge in [0.25, 0.3) is 0 Å². The molecule has 1 aromatic heterocycles. The zero-order valence-electron chi connectivity index (χ0n) is 30.9. The van der Waals surface area contributed by atoms with Crippen LogP contribution in [0.25, 0.3) is 10.8 Å². The number of carbonyl (C=O) groups is 1. The second-order valence-electron chi connectivity index (χ2n) is 13.3. The maximum Gasteiger partial charge on any atom is 1.00 e. The summed E-state index contributed by atoms with van der Waals surface area (Å²) in [7, 11) is -4.30. The maximum atomic E-state index is 13.4. The average Bonchev–Trinajstić information content (AvgIpc) is 3.05. The first kappa shape index (κ1) is 41.5. The van der Waals surface area contributed by atoms with Crippen molar-refractivity contribution in [2.75, 3.05) is 47.8 Å². The Bertz CT molecular complexity index is 2290. The smallest absolute Gasteiger partial charge is 0.799 e. The number of rotatable bonds is 12. The molecule has 274 valence electrons. The summed E-state index contributed by atoms with van der Waals surface area (Å²) in [4.78, 5) is 29.7. The van der Waals surface area contributed by atoms with E-state index in [4.69, 9.17) is 14.2 Å². The predicted octanol–water partition coefficient (Wildman–Crippen LogP) is 4.87. The van der Waals surface area contributed by atoms with E-state index in [1.165, 1.54) is 20.9 Å². The van der Waals surface area contributed by atoms with Crippen LogP contribution in [0.4, 0.5) is 33.4 Å². The van der Waals surface area contributed by atoms with Gasteiger partial charge in [-0.2, -0.15) is 0 Å². The molecule has 2 amide bonds. The number of pyridine rings is 1. The van der Waals surface area contributed by atoms with Crippen LogP contribution in [0, 0.1) is 0 Å². The third-order valence-corrected chi connectivity index (χ3v) is 9.32. The Hall–Kier alpha value is -4.30. The number of carbonyl (C=O) groups excluding carboxylic acids is 1. The number of fused-ring (bicyclic) bond motifs is 1. The van der Waals surface area contributed by atoms with Gasteiger partial charge in [-0.15, -0.1) is 0 Å². The van der Waals surface area contributed by atoms with Gasteiger partial charge in [-0.25, -0.2) is 18.2 Å². The maximum absolute atomic E-state index is 13.4. The van der Waals surface area contributed by atoms with Crippen LogP contribution in [0.1, 0.15) is 31.9 Å².